The first kappa shape index (κ1) is 47.0. The third-order valence-electron chi connectivity index (χ3n) is 9.98. The standard InChI is InChI=1S/C42H83NO5/c1-3-5-7-9-11-13-15-17-18-19-20-21-22-23-24-26-28-30-32-34-36-40(46)42(48)43-38(37-44)41(47)39(45)35-33-31-29-27-25-16-14-12-10-8-6-4-2/h16,25,38-41,44-47H,3-15,17-24,26-37H2,1-2H3,(H,43,48)/t38-,39+,40+,41-/m0/s1. The molecule has 4 atom stereocenters. The molecule has 0 fully saturated rings. The van der Waals surface area contributed by atoms with E-state index in [0.717, 1.165) is 51.4 Å². The molecule has 0 aromatic carbocycles. The normalized spacial score (nSPS) is 14.4. The zero-order valence-corrected chi connectivity index (χ0v) is 32.0. The van der Waals surface area contributed by atoms with Crippen LogP contribution in [0.4, 0.5) is 0 Å². The Morgan fingerprint density at radius 1 is 0.500 bits per heavy atom. The molecule has 0 bridgehead atoms. The fourth-order valence-corrected chi connectivity index (χ4v) is 6.57. The van der Waals surface area contributed by atoms with Gasteiger partial charge in [0.15, 0.2) is 0 Å². The zero-order chi connectivity index (χ0) is 35.3. The highest BCUT2D eigenvalue weighted by Gasteiger charge is 2.28. The number of allylic oxidation sites excluding steroid dienone is 2. The van der Waals surface area contributed by atoms with Crippen LogP contribution in [0.15, 0.2) is 12.2 Å². The molecule has 0 saturated carbocycles. The lowest BCUT2D eigenvalue weighted by Crippen LogP contribution is -2.53. The number of hydrogen-bond acceptors (Lipinski definition) is 5. The van der Waals surface area contributed by atoms with Crippen molar-refractivity contribution in [3.63, 3.8) is 0 Å². The number of nitrogens with one attached hydrogen (secondary N) is 1. The molecular weight excluding hydrogens is 598 g/mol. The largest absolute Gasteiger partial charge is 0.394 e. The summed E-state index contributed by atoms with van der Waals surface area (Å²) in [5.41, 5.74) is 0. The van der Waals surface area contributed by atoms with E-state index in [1.807, 2.05) is 0 Å². The van der Waals surface area contributed by atoms with Crippen LogP contribution in [0.3, 0.4) is 0 Å². The molecule has 5 N–H and O–H groups in total. The Bertz CT molecular complexity index is 687. The second-order valence-electron chi connectivity index (χ2n) is 14.7. The molecule has 0 unspecified atom stereocenters. The number of aliphatic hydroxyl groups excluding tert-OH is 4. The van der Waals surface area contributed by atoms with Gasteiger partial charge in [0.05, 0.1) is 18.8 Å². The molecule has 0 aliphatic carbocycles. The van der Waals surface area contributed by atoms with Crippen LogP contribution in [-0.2, 0) is 4.79 Å². The van der Waals surface area contributed by atoms with Crippen molar-refractivity contribution in [2.24, 2.45) is 0 Å². The molecular formula is C42H83NO5. The van der Waals surface area contributed by atoms with Crippen LogP contribution in [0.25, 0.3) is 0 Å². The Morgan fingerprint density at radius 3 is 1.23 bits per heavy atom. The molecule has 0 aromatic heterocycles. The molecule has 0 saturated heterocycles. The topological polar surface area (TPSA) is 110 Å². The van der Waals surface area contributed by atoms with Crippen molar-refractivity contribution in [1.29, 1.82) is 0 Å². The molecule has 0 rings (SSSR count). The predicted octanol–water partition coefficient (Wildman–Crippen LogP) is 10.6. The van der Waals surface area contributed by atoms with E-state index in [9.17, 15) is 25.2 Å². The quantitative estimate of drug-likeness (QED) is 0.0329. The van der Waals surface area contributed by atoms with Crippen molar-refractivity contribution in [2.45, 2.75) is 244 Å². The number of hydrogen-bond donors (Lipinski definition) is 5. The first-order chi connectivity index (χ1) is 23.5. The average molecular weight is 682 g/mol. The summed E-state index contributed by atoms with van der Waals surface area (Å²) < 4.78 is 0. The highest BCUT2D eigenvalue weighted by molar-refractivity contribution is 5.80. The van der Waals surface area contributed by atoms with E-state index in [-0.39, 0.29) is 0 Å². The van der Waals surface area contributed by atoms with E-state index >= 15 is 0 Å². The van der Waals surface area contributed by atoms with Crippen molar-refractivity contribution in [1.82, 2.24) is 5.32 Å². The van der Waals surface area contributed by atoms with Gasteiger partial charge in [0.2, 0.25) is 5.91 Å². The fourth-order valence-electron chi connectivity index (χ4n) is 6.57. The Morgan fingerprint density at radius 2 is 0.833 bits per heavy atom. The predicted molar refractivity (Wildman–Crippen MR) is 205 cm³/mol. The number of rotatable bonds is 38. The maximum absolute atomic E-state index is 12.5. The summed E-state index contributed by atoms with van der Waals surface area (Å²) in [6, 6.07) is -0.989. The SMILES string of the molecule is CCCCCCCC=CCCCCC[C@@H](O)[C@@H](O)[C@H](CO)NC(=O)[C@H](O)CCCCCCCCCCCCCCCCCCCCCC. The average Bonchev–Trinajstić information content (AvgIpc) is 3.09. The lowest BCUT2D eigenvalue weighted by atomic mass is 9.99. The molecule has 0 heterocycles. The van der Waals surface area contributed by atoms with Gasteiger partial charge in [-0.15, -0.1) is 0 Å². The maximum Gasteiger partial charge on any atom is 0.249 e. The number of carbonyl (C=O) groups is 1. The minimum absolute atomic E-state index is 0.370. The van der Waals surface area contributed by atoms with Gasteiger partial charge < -0.3 is 25.7 Å². The van der Waals surface area contributed by atoms with Crippen molar-refractivity contribution >= 4 is 5.91 Å². The number of unbranched alkanes of at least 4 members (excludes halogenated alkanes) is 27. The van der Waals surface area contributed by atoms with Gasteiger partial charge in [0.1, 0.15) is 12.2 Å². The van der Waals surface area contributed by atoms with Crippen LogP contribution in [0.5, 0.6) is 0 Å². The number of carbonyl (C=O) groups excluding carboxylic acids is 1. The minimum Gasteiger partial charge on any atom is -0.394 e. The second-order valence-corrected chi connectivity index (χ2v) is 14.7. The van der Waals surface area contributed by atoms with Gasteiger partial charge in [-0.1, -0.05) is 193 Å². The monoisotopic (exact) mass is 682 g/mol. The van der Waals surface area contributed by atoms with Crippen LogP contribution >= 0.6 is 0 Å². The van der Waals surface area contributed by atoms with Gasteiger partial charge in [0, 0.05) is 0 Å². The highest BCUT2D eigenvalue weighted by Crippen LogP contribution is 2.16. The van der Waals surface area contributed by atoms with Gasteiger partial charge in [0.25, 0.3) is 0 Å². The van der Waals surface area contributed by atoms with E-state index in [1.165, 1.54) is 141 Å². The summed E-state index contributed by atoms with van der Waals surface area (Å²) in [6.45, 7) is 4.03. The third-order valence-corrected chi connectivity index (χ3v) is 9.98. The van der Waals surface area contributed by atoms with Crippen molar-refractivity contribution < 1.29 is 25.2 Å². The van der Waals surface area contributed by atoms with Crippen LogP contribution < -0.4 is 5.32 Å². The Labute approximate surface area is 298 Å². The molecule has 0 spiro atoms. The van der Waals surface area contributed by atoms with Crippen molar-refractivity contribution in [3.8, 4) is 0 Å². The summed E-state index contributed by atoms with van der Waals surface area (Å²) in [4.78, 5) is 12.5. The van der Waals surface area contributed by atoms with Gasteiger partial charge in [-0.3, -0.25) is 4.79 Å². The molecule has 48 heavy (non-hydrogen) atoms. The smallest absolute Gasteiger partial charge is 0.249 e. The third kappa shape index (κ3) is 31.1. The highest BCUT2D eigenvalue weighted by atomic mass is 16.3. The van der Waals surface area contributed by atoms with Gasteiger partial charge >= 0.3 is 0 Å². The molecule has 0 radical (unpaired) electrons. The number of amides is 1. The van der Waals surface area contributed by atoms with Gasteiger partial charge in [-0.05, 0) is 38.5 Å². The molecule has 6 nitrogen and oxygen atoms in total. The van der Waals surface area contributed by atoms with Crippen LogP contribution in [0, 0.1) is 0 Å². The Balaban J connectivity index is 3.72. The summed E-state index contributed by atoms with van der Waals surface area (Å²) in [6.07, 6.45) is 39.5. The summed E-state index contributed by atoms with van der Waals surface area (Å²) in [5, 5.41) is 43.5. The summed E-state index contributed by atoms with van der Waals surface area (Å²) in [7, 11) is 0. The summed E-state index contributed by atoms with van der Waals surface area (Å²) >= 11 is 0. The fraction of sp³-hybridized carbons (Fsp3) is 0.929. The zero-order valence-electron chi connectivity index (χ0n) is 32.0. The first-order valence-electron chi connectivity index (χ1n) is 21.1. The van der Waals surface area contributed by atoms with Crippen LogP contribution in [0.1, 0.15) is 219 Å². The van der Waals surface area contributed by atoms with E-state index in [4.69, 9.17) is 0 Å². The second kappa shape index (κ2) is 37.3. The lowest BCUT2D eigenvalue weighted by molar-refractivity contribution is -0.132. The molecule has 6 heteroatoms. The molecule has 286 valence electrons. The lowest BCUT2D eigenvalue weighted by Gasteiger charge is -2.27. The maximum atomic E-state index is 12.5. The molecule has 0 aliphatic rings. The van der Waals surface area contributed by atoms with Gasteiger partial charge in [-0.25, -0.2) is 0 Å². The van der Waals surface area contributed by atoms with Crippen LogP contribution in [0.2, 0.25) is 0 Å². The van der Waals surface area contributed by atoms with Crippen LogP contribution in [-0.4, -0.2) is 57.3 Å². The van der Waals surface area contributed by atoms with Crippen molar-refractivity contribution in [3.05, 3.63) is 12.2 Å². The van der Waals surface area contributed by atoms with E-state index in [1.54, 1.807) is 0 Å². The minimum atomic E-state index is -1.27. The van der Waals surface area contributed by atoms with Gasteiger partial charge in [-0.2, -0.15) is 0 Å². The van der Waals surface area contributed by atoms with E-state index < -0.39 is 36.9 Å². The molecule has 1 amide bonds. The number of aliphatic hydroxyl groups is 4. The Hall–Kier alpha value is -0.950. The molecule has 0 aromatic rings. The van der Waals surface area contributed by atoms with E-state index in [2.05, 4.69) is 31.3 Å². The van der Waals surface area contributed by atoms with E-state index in [0.29, 0.717) is 12.8 Å². The first-order valence-corrected chi connectivity index (χ1v) is 21.1. The Kier molecular flexibility index (Phi) is 36.6. The summed E-state index contributed by atoms with van der Waals surface area (Å²) in [5.74, 6) is -0.588. The van der Waals surface area contributed by atoms with Crippen molar-refractivity contribution in [2.75, 3.05) is 6.61 Å². The molecule has 0 aliphatic heterocycles.